The molecule has 130 valence electrons. The van der Waals surface area contributed by atoms with E-state index in [1.165, 1.54) is 4.90 Å². The van der Waals surface area contributed by atoms with E-state index in [9.17, 15) is 9.59 Å². The minimum absolute atomic E-state index is 0.210. The molecule has 2 rings (SSSR count). The summed E-state index contributed by atoms with van der Waals surface area (Å²) in [5.74, 6) is 0.455. The van der Waals surface area contributed by atoms with Crippen molar-refractivity contribution < 1.29 is 14.3 Å². The fraction of sp³-hybridized carbons (Fsp3) is 0.444. The molecule has 0 N–H and O–H groups in total. The number of hydrogen-bond donors (Lipinski definition) is 0. The highest BCUT2D eigenvalue weighted by atomic mass is 32.2. The maximum atomic E-state index is 12.6. The fourth-order valence-corrected chi connectivity index (χ4v) is 3.46. The van der Waals surface area contributed by atoms with Crippen molar-refractivity contribution in [3.8, 4) is 5.75 Å². The second kappa shape index (κ2) is 8.89. The van der Waals surface area contributed by atoms with Crippen LogP contribution in [0.4, 0.5) is 4.79 Å². The van der Waals surface area contributed by atoms with Crippen molar-refractivity contribution in [1.29, 1.82) is 0 Å². The van der Waals surface area contributed by atoms with Gasteiger partial charge >= 0.3 is 0 Å². The minimum atomic E-state index is -0.229. The summed E-state index contributed by atoms with van der Waals surface area (Å²) in [6.45, 7) is 6.30. The first-order valence-electron chi connectivity index (χ1n) is 8.21. The van der Waals surface area contributed by atoms with Crippen molar-refractivity contribution in [2.24, 2.45) is 0 Å². The molecule has 6 heteroatoms. The standard InChI is InChI=1S/C18H24N2O3S/c1-4-10-19(11-5-2)13-20-17(21)16(24-18(20)22)12-14-8-6-7-9-15(14)23-3/h6-9,12H,4-5,10-11,13H2,1-3H3. The van der Waals surface area contributed by atoms with Gasteiger partial charge < -0.3 is 4.74 Å². The maximum Gasteiger partial charge on any atom is 0.294 e. The molecule has 0 aliphatic carbocycles. The van der Waals surface area contributed by atoms with Crippen LogP contribution in [0.1, 0.15) is 32.3 Å². The van der Waals surface area contributed by atoms with Crippen LogP contribution in [0, 0.1) is 0 Å². The molecule has 0 radical (unpaired) electrons. The third-order valence-corrected chi connectivity index (χ3v) is 4.63. The molecule has 0 saturated carbocycles. The van der Waals surface area contributed by atoms with Gasteiger partial charge in [-0.1, -0.05) is 32.0 Å². The van der Waals surface area contributed by atoms with Crippen molar-refractivity contribution in [2.75, 3.05) is 26.9 Å². The summed E-state index contributed by atoms with van der Waals surface area (Å²) in [6, 6.07) is 7.45. The third-order valence-electron chi connectivity index (χ3n) is 3.72. The number of thioether (sulfide) groups is 1. The Morgan fingerprint density at radius 1 is 1.17 bits per heavy atom. The number of benzene rings is 1. The predicted molar refractivity (Wildman–Crippen MR) is 97.8 cm³/mol. The molecule has 1 aliphatic rings. The number of amides is 2. The molecular formula is C18H24N2O3S. The van der Waals surface area contributed by atoms with Crippen LogP contribution in [0.5, 0.6) is 5.75 Å². The smallest absolute Gasteiger partial charge is 0.294 e. The quantitative estimate of drug-likeness (QED) is 0.669. The second-order valence-electron chi connectivity index (χ2n) is 5.61. The summed E-state index contributed by atoms with van der Waals surface area (Å²) < 4.78 is 5.30. The lowest BCUT2D eigenvalue weighted by atomic mass is 10.2. The van der Waals surface area contributed by atoms with Crippen molar-refractivity contribution in [2.45, 2.75) is 26.7 Å². The topological polar surface area (TPSA) is 49.9 Å². The van der Waals surface area contributed by atoms with Gasteiger partial charge in [-0.05, 0) is 49.8 Å². The van der Waals surface area contributed by atoms with Crippen LogP contribution in [0.25, 0.3) is 6.08 Å². The normalized spacial score (nSPS) is 16.5. The number of carbonyl (C=O) groups is 2. The molecule has 1 fully saturated rings. The van der Waals surface area contributed by atoms with Crippen molar-refractivity contribution >= 4 is 29.0 Å². The molecule has 0 aromatic heterocycles. The summed E-state index contributed by atoms with van der Waals surface area (Å²) in [5.41, 5.74) is 0.796. The average molecular weight is 348 g/mol. The zero-order valence-corrected chi connectivity index (χ0v) is 15.3. The maximum absolute atomic E-state index is 12.6. The minimum Gasteiger partial charge on any atom is -0.496 e. The van der Waals surface area contributed by atoms with Crippen molar-refractivity contribution in [1.82, 2.24) is 9.80 Å². The summed E-state index contributed by atoms with van der Waals surface area (Å²) >= 11 is 0.990. The Hall–Kier alpha value is -1.79. The predicted octanol–water partition coefficient (Wildman–Crippen LogP) is 3.81. The molecule has 2 amide bonds. The van der Waals surface area contributed by atoms with E-state index in [4.69, 9.17) is 4.74 Å². The van der Waals surface area contributed by atoms with E-state index in [1.807, 2.05) is 24.3 Å². The third kappa shape index (κ3) is 4.39. The van der Waals surface area contributed by atoms with E-state index in [0.29, 0.717) is 17.3 Å². The van der Waals surface area contributed by atoms with Crippen molar-refractivity contribution in [3.63, 3.8) is 0 Å². The van der Waals surface area contributed by atoms with Crippen molar-refractivity contribution in [3.05, 3.63) is 34.7 Å². The molecule has 24 heavy (non-hydrogen) atoms. The Labute approximate surface area is 147 Å². The Morgan fingerprint density at radius 3 is 2.46 bits per heavy atom. The Kier molecular flexibility index (Phi) is 6.87. The van der Waals surface area contributed by atoms with Crippen LogP contribution in [0.15, 0.2) is 29.2 Å². The van der Waals surface area contributed by atoms with Gasteiger partial charge in [0.1, 0.15) is 5.75 Å². The van der Waals surface area contributed by atoms with Gasteiger partial charge in [0.25, 0.3) is 11.1 Å². The van der Waals surface area contributed by atoms with Crippen LogP contribution in [0.2, 0.25) is 0 Å². The van der Waals surface area contributed by atoms with E-state index in [0.717, 1.165) is 43.3 Å². The molecule has 0 unspecified atom stereocenters. The molecule has 0 spiro atoms. The van der Waals surface area contributed by atoms with E-state index < -0.39 is 0 Å². The first-order valence-corrected chi connectivity index (χ1v) is 9.03. The summed E-state index contributed by atoms with van der Waals surface area (Å²) in [7, 11) is 1.59. The first-order chi connectivity index (χ1) is 11.6. The fourth-order valence-electron chi connectivity index (χ4n) is 2.63. The molecule has 0 bridgehead atoms. The van der Waals surface area contributed by atoms with Gasteiger partial charge in [-0.15, -0.1) is 0 Å². The molecule has 1 aromatic carbocycles. The lowest BCUT2D eigenvalue weighted by Crippen LogP contribution is -2.41. The largest absolute Gasteiger partial charge is 0.496 e. The number of ether oxygens (including phenoxy) is 1. The number of carbonyl (C=O) groups excluding carboxylic acids is 2. The van der Waals surface area contributed by atoms with E-state index >= 15 is 0 Å². The number of imide groups is 1. The average Bonchev–Trinajstić information content (AvgIpc) is 2.83. The zero-order valence-electron chi connectivity index (χ0n) is 14.4. The Morgan fingerprint density at radius 2 is 1.83 bits per heavy atom. The highest BCUT2D eigenvalue weighted by Gasteiger charge is 2.35. The zero-order chi connectivity index (χ0) is 17.5. The van der Waals surface area contributed by atoms with Gasteiger partial charge in [0, 0.05) is 5.56 Å². The lowest BCUT2D eigenvalue weighted by molar-refractivity contribution is -0.124. The van der Waals surface area contributed by atoms with Crippen LogP contribution in [-0.4, -0.2) is 47.8 Å². The molecular weight excluding hydrogens is 324 g/mol. The van der Waals surface area contributed by atoms with Gasteiger partial charge in [0.15, 0.2) is 0 Å². The number of nitrogens with zero attached hydrogens (tertiary/aromatic N) is 2. The summed E-state index contributed by atoms with van der Waals surface area (Å²) in [4.78, 5) is 28.8. The molecule has 0 atom stereocenters. The van der Waals surface area contributed by atoms with Gasteiger partial charge in [-0.3, -0.25) is 19.4 Å². The number of para-hydroxylation sites is 1. The van der Waals surface area contributed by atoms with E-state index in [1.54, 1.807) is 13.2 Å². The van der Waals surface area contributed by atoms with E-state index in [2.05, 4.69) is 18.7 Å². The van der Waals surface area contributed by atoms with Gasteiger partial charge in [0.2, 0.25) is 0 Å². The first kappa shape index (κ1) is 18.5. The summed E-state index contributed by atoms with van der Waals surface area (Å²) in [6.07, 6.45) is 3.72. The molecule has 1 aliphatic heterocycles. The van der Waals surface area contributed by atoms with Crippen LogP contribution < -0.4 is 4.74 Å². The SMILES string of the molecule is CCCN(CCC)CN1C(=O)SC(=Cc2ccccc2OC)C1=O. The van der Waals surface area contributed by atoms with Gasteiger partial charge in [-0.25, -0.2) is 0 Å². The lowest BCUT2D eigenvalue weighted by Gasteiger charge is -2.25. The van der Waals surface area contributed by atoms with Crippen LogP contribution in [0.3, 0.4) is 0 Å². The highest BCUT2D eigenvalue weighted by molar-refractivity contribution is 8.18. The molecule has 5 nitrogen and oxygen atoms in total. The molecule has 1 heterocycles. The Balaban J connectivity index is 2.17. The highest BCUT2D eigenvalue weighted by Crippen LogP contribution is 2.34. The number of methoxy groups -OCH3 is 1. The van der Waals surface area contributed by atoms with E-state index in [-0.39, 0.29) is 11.1 Å². The van der Waals surface area contributed by atoms with Crippen LogP contribution in [-0.2, 0) is 4.79 Å². The Bertz CT molecular complexity index is 624. The number of rotatable bonds is 8. The number of hydrogen-bond acceptors (Lipinski definition) is 5. The van der Waals surface area contributed by atoms with Gasteiger partial charge in [0.05, 0.1) is 18.7 Å². The summed E-state index contributed by atoms with van der Waals surface area (Å²) in [5, 5.41) is -0.210. The van der Waals surface area contributed by atoms with Crippen LogP contribution >= 0.6 is 11.8 Å². The second-order valence-corrected chi connectivity index (χ2v) is 6.60. The molecule has 1 aromatic rings. The molecule has 1 saturated heterocycles. The van der Waals surface area contributed by atoms with Gasteiger partial charge in [-0.2, -0.15) is 0 Å². The monoisotopic (exact) mass is 348 g/mol.